The molecule has 4 rings (SSSR count). The highest BCUT2D eigenvalue weighted by Gasteiger charge is 2.19. The van der Waals surface area contributed by atoms with Gasteiger partial charge >= 0.3 is 0 Å². The van der Waals surface area contributed by atoms with Crippen LogP contribution in [-0.4, -0.2) is 37.4 Å². The van der Waals surface area contributed by atoms with Crippen molar-refractivity contribution in [1.29, 1.82) is 0 Å². The molecule has 1 atom stereocenters. The number of hydrogen-bond acceptors (Lipinski definition) is 4. The number of hydrogen-bond donors (Lipinski definition) is 1. The molecular formula is C19H21N3O. The molecule has 0 bridgehead atoms. The van der Waals surface area contributed by atoms with Crippen LogP contribution in [0.1, 0.15) is 28.3 Å². The van der Waals surface area contributed by atoms with Crippen LogP contribution in [0.15, 0.2) is 53.6 Å². The van der Waals surface area contributed by atoms with E-state index in [9.17, 15) is 0 Å². The van der Waals surface area contributed by atoms with Crippen LogP contribution in [0.4, 0.5) is 0 Å². The summed E-state index contributed by atoms with van der Waals surface area (Å²) in [5.41, 5.74) is 8.30. The maximum Gasteiger partial charge on any atom is 0.0946 e. The van der Waals surface area contributed by atoms with Crippen molar-refractivity contribution in [2.45, 2.75) is 12.6 Å². The molecule has 1 N–H and O–H groups in total. The first-order valence-corrected chi connectivity index (χ1v) is 8.16. The second kappa shape index (κ2) is 6.52. The van der Waals surface area contributed by atoms with Gasteiger partial charge < -0.3 is 4.74 Å². The first-order chi connectivity index (χ1) is 11.4. The zero-order valence-corrected chi connectivity index (χ0v) is 13.1. The van der Waals surface area contributed by atoms with E-state index in [0.717, 1.165) is 32.8 Å². The molecule has 1 saturated heterocycles. The summed E-state index contributed by atoms with van der Waals surface area (Å²) < 4.78 is 5.41. The Morgan fingerprint density at radius 1 is 1.04 bits per heavy atom. The monoisotopic (exact) mass is 307 g/mol. The summed E-state index contributed by atoms with van der Waals surface area (Å²) in [6, 6.07) is 17.4. The lowest BCUT2D eigenvalue weighted by atomic mass is 9.94. The van der Waals surface area contributed by atoms with E-state index in [-0.39, 0.29) is 6.04 Å². The fourth-order valence-corrected chi connectivity index (χ4v) is 3.23. The van der Waals surface area contributed by atoms with Gasteiger partial charge in [-0.25, -0.2) is 0 Å². The molecular weight excluding hydrogens is 286 g/mol. The van der Waals surface area contributed by atoms with E-state index in [1.54, 1.807) is 0 Å². The van der Waals surface area contributed by atoms with E-state index < -0.39 is 0 Å². The first-order valence-electron chi connectivity index (χ1n) is 8.16. The minimum Gasteiger partial charge on any atom is -0.379 e. The van der Waals surface area contributed by atoms with E-state index in [1.807, 2.05) is 6.21 Å². The van der Waals surface area contributed by atoms with Crippen molar-refractivity contribution >= 4 is 6.21 Å². The van der Waals surface area contributed by atoms with E-state index >= 15 is 0 Å². The summed E-state index contributed by atoms with van der Waals surface area (Å²) >= 11 is 0. The van der Waals surface area contributed by atoms with Crippen LogP contribution >= 0.6 is 0 Å². The summed E-state index contributed by atoms with van der Waals surface area (Å²) in [5, 5.41) is 4.30. The minimum atomic E-state index is 0.133. The van der Waals surface area contributed by atoms with Crippen LogP contribution in [0, 0.1) is 0 Å². The summed E-state index contributed by atoms with van der Waals surface area (Å²) in [5.74, 6) is 0. The van der Waals surface area contributed by atoms with Crippen molar-refractivity contribution in [3.63, 3.8) is 0 Å². The predicted octanol–water partition coefficient (Wildman–Crippen LogP) is 2.55. The molecule has 0 spiro atoms. The molecule has 23 heavy (non-hydrogen) atoms. The molecule has 2 heterocycles. The van der Waals surface area contributed by atoms with Crippen LogP contribution < -0.4 is 5.43 Å². The van der Waals surface area contributed by atoms with E-state index in [0.29, 0.717) is 0 Å². The van der Waals surface area contributed by atoms with Gasteiger partial charge in [0.15, 0.2) is 0 Å². The van der Waals surface area contributed by atoms with Gasteiger partial charge in [0.25, 0.3) is 0 Å². The lowest BCUT2D eigenvalue weighted by Gasteiger charge is -2.27. The summed E-state index contributed by atoms with van der Waals surface area (Å²) in [6.07, 6.45) is 1.89. The largest absolute Gasteiger partial charge is 0.379 e. The zero-order valence-electron chi connectivity index (χ0n) is 13.1. The number of hydrazone groups is 1. The van der Waals surface area contributed by atoms with Gasteiger partial charge in [0, 0.05) is 25.2 Å². The summed E-state index contributed by atoms with van der Waals surface area (Å²) in [4.78, 5) is 2.44. The topological polar surface area (TPSA) is 36.9 Å². The second-order valence-corrected chi connectivity index (χ2v) is 6.08. The Morgan fingerprint density at radius 3 is 2.65 bits per heavy atom. The third kappa shape index (κ3) is 3.14. The fourth-order valence-electron chi connectivity index (χ4n) is 3.23. The SMILES string of the molecule is C1=NNC(c2ccc(CN3CCOCC3)cc2)c2ccccc21. The molecule has 4 heteroatoms. The molecule has 2 aliphatic rings. The highest BCUT2D eigenvalue weighted by atomic mass is 16.5. The minimum absolute atomic E-state index is 0.133. The molecule has 2 aromatic carbocycles. The molecule has 0 amide bonds. The average molecular weight is 307 g/mol. The third-order valence-corrected chi connectivity index (χ3v) is 4.54. The Labute approximate surface area is 136 Å². The number of rotatable bonds is 3. The molecule has 1 unspecified atom stereocenters. The highest BCUT2D eigenvalue weighted by molar-refractivity contribution is 5.83. The van der Waals surface area contributed by atoms with Crippen LogP contribution in [0.5, 0.6) is 0 Å². The summed E-state index contributed by atoms with van der Waals surface area (Å²) in [7, 11) is 0. The van der Waals surface area contributed by atoms with E-state index in [4.69, 9.17) is 4.74 Å². The smallest absolute Gasteiger partial charge is 0.0946 e. The first kappa shape index (κ1) is 14.4. The van der Waals surface area contributed by atoms with Gasteiger partial charge in [-0.1, -0.05) is 48.5 Å². The lowest BCUT2D eigenvalue weighted by Crippen LogP contribution is -2.35. The fraction of sp³-hybridized carbons (Fsp3) is 0.316. The zero-order chi connectivity index (χ0) is 15.5. The van der Waals surface area contributed by atoms with Crippen LogP contribution in [0.3, 0.4) is 0 Å². The molecule has 2 aromatic rings. The normalized spacial score (nSPS) is 20.8. The van der Waals surface area contributed by atoms with E-state index in [1.165, 1.54) is 22.3 Å². The molecule has 0 aromatic heterocycles. The lowest BCUT2D eigenvalue weighted by molar-refractivity contribution is 0.0342. The second-order valence-electron chi connectivity index (χ2n) is 6.08. The van der Waals surface area contributed by atoms with Gasteiger partial charge in [0.1, 0.15) is 0 Å². The Bertz CT molecular complexity index is 690. The van der Waals surface area contributed by atoms with Crippen molar-refractivity contribution in [2.24, 2.45) is 5.10 Å². The van der Waals surface area contributed by atoms with Gasteiger partial charge in [0.2, 0.25) is 0 Å². The molecule has 118 valence electrons. The van der Waals surface area contributed by atoms with E-state index in [2.05, 4.69) is 64.0 Å². The number of nitrogens with zero attached hydrogens (tertiary/aromatic N) is 2. The average Bonchev–Trinajstić information content (AvgIpc) is 2.63. The number of fused-ring (bicyclic) bond motifs is 1. The molecule has 0 saturated carbocycles. The Hall–Kier alpha value is -2.17. The molecule has 4 nitrogen and oxygen atoms in total. The van der Waals surface area contributed by atoms with Crippen molar-refractivity contribution in [3.05, 3.63) is 70.8 Å². The highest BCUT2D eigenvalue weighted by Crippen LogP contribution is 2.27. The van der Waals surface area contributed by atoms with Crippen LogP contribution in [0.25, 0.3) is 0 Å². The number of benzene rings is 2. The van der Waals surface area contributed by atoms with Crippen LogP contribution in [-0.2, 0) is 11.3 Å². The molecule has 1 fully saturated rings. The van der Waals surface area contributed by atoms with Crippen LogP contribution in [0.2, 0.25) is 0 Å². The van der Waals surface area contributed by atoms with Gasteiger partial charge in [-0.15, -0.1) is 0 Å². The van der Waals surface area contributed by atoms with Crippen molar-refractivity contribution in [2.75, 3.05) is 26.3 Å². The van der Waals surface area contributed by atoms with Crippen molar-refractivity contribution in [3.8, 4) is 0 Å². The number of ether oxygens (including phenoxy) is 1. The number of nitrogens with one attached hydrogen (secondary N) is 1. The Morgan fingerprint density at radius 2 is 1.83 bits per heavy atom. The van der Waals surface area contributed by atoms with Crippen molar-refractivity contribution in [1.82, 2.24) is 10.3 Å². The standard InChI is InChI=1S/C19H21N3O/c1-2-4-18-17(3-1)13-20-21-19(18)16-7-5-15(6-8-16)14-22-9-11-23-12-10-22/h1-8,13,19,21H,9-12,14H2. The third-order valence-electron chi connectivity index (χ3n) is 4.54. The Kier molecular flexibility index (Phi) is 4.09. The van der Waals surface area contributed by atoms with Gasteiger partial charge in [-0.2, -0.15) is 5.10 Å². The Balaban J connectivity index is 1.51. The van der Waals surface area contributed by atoms with Gasteiger partial charge in [-0.3, -0.25) is 10.3 Å². The molecule has 0 radical (unpaired) electrons. The quantitative estimate of drug-likeness (QED) is 0.947. The summed E-state index contributed by atoms with van der Waals surface area (Å²) in [6.45, 7) is 4.73. The van der Waals surface area contributed by atoms with Crippen molar-refractivity contribution < 1.29 is 4.74 Å². The maximum absolute atomic E-state index is 5.41. The maximum atomic E-state index is 5.41. The number of morpholine rings is 1. The van der Waals surface area contributed by atoms with Gasteiger partial charge in [0.05, 0.1) is 25.5 Å². The molecule has 0 aliphatic carbocycles. The van der Waals surface area contributed by atoms with Gasteiger partial charge in [-0.05, 0) is 16.7 Å². The predicted molar refractivity (Wildman–Crippen MR) is 91.6 cm³/mol. The molecule has 2 aliphatic heterocycles.